The van der Waals surface area contributed by atoms with Crippen LogP contribution in [0.2, 0.25) is 0 Å². The van der Waals surface area contributed by atoms with Gasteiger partial charge in [0.15, 0.2) is 5.76 Å². The molecule has 0 atom stereocenters. The normalized spacial score (nSPS) is 16.2. The number of furan rings is 1. The summed E-state index contributed by atoms with van der Waals surface area (Å²) in [7, 11) is 0. The fourth-order valence-electron chi connectivity index (χ4n) is 2.42. The number of piperidine rings is 1. The molecule has 0 saturated carbocycles. The van der Waals surface area contributed by atoms with Crippen molar-refractivity contribution >= 4 is 11.8 Å². The predicted octanol–water partition coefficient (Wildman–Crippen LogP) is 0.727. The monoisotopic (exact) mass is 279 g/mol. The van der Waals surface area contributed by atoms with Crippen molar-refractivity contribution in [2.24, 2.45) is 11.7 Å². The Morgan fingerprint density at radius 3 is 2.65 bits per heavy atom. The molecule has 1 saturated heterocycles. The molecule has 2 rings (SSSR count). The van der Waals surface area contributed by atoms with E-state index in [1.807, 2.05) is 6.92 Å². The van der Waals surface area contributed by atoms with Gasteiger partial charge in [-0.2, -0.15) is 0 Å². The van der Waals surface area contributed by atoms with Gasteiger partial charge < -0.3 is 20.4 Å². The third-order valence-electron chi connectivity index (χ3n) is 3.58. The summed E-state index contributed by atoms with van der Waals surface area (Å²) >= 11 is 0. The van der Waals surface area contributed by atoms with Crippen LogP contribution in [0.3, 0.4) is 0 Å². The second kappa shape index (κ2) is 6.56. The maximum Gasteiger partial charge on any atom is 0.289 e. The minimum absolute atomic E-state index is 0.00945. The van der Waals surface area contributed by atoms with E-state index in [1.54, 1.807) is 17.0 Å². The van der Waals surface area contributed by atoms with Crippen LogP contribution < -0.4 is 11.1 Å². The van der Waals surface area contributed by atoms with Crippen molar-refractivity contribution in [2.75, 3.05) is 19.6 Å². The SMILES string of the molecule is CCNC(=O)C1CCN(C(=O)c2ccc(CN)o2)CC1. The molecule has 6 nitrogen and oxygen atoms in total. The number of nitrogens with zero attached hydrogens (tertiary/aromatic N) is 1. The standard InChI is InChI=1S/C14H21N3O3/c1-2-16-13(18)10-5-7-17(8-6-10)14(19)12-4-3-11(9-15)20-12/h3-4,10H,2,5-9,15H2,1H3,(H,16,18). The van der Waals surface area contributed by atoms with Crippen LogP contribution in [0.25, 0.3) is 0 Å². The Kier molecular flexibility index (Phi) is 4.79. The van der Waals surface area contributed by atoms with Gasteiger partial charge in [-0.25, -0.2) is 0 Å². The predicted molar refractivity (Wildman–Crippen MR) is 73.9 cm³/mol. The van der Waals surface area contributed by atoms with Crippen LogP contribution in [-0.4, -0.2) is 36.3 Å². The maximum atomic E-state index is 12.2. The zero-order valence-corrected chi connectivity index (χ0v) is 11.7. The van der Waals surface area contributed by atoms with E-state index in [2.05, 4.69) is 5.32 Å². The molecule has 0 aliphatic carbocycles. The third kappa shape index (κ3) is 3.19. The molecular weight excluding hydrogens is 258 g/mol. The molecule has 0 spiro atoms. The average Bonchev–Trinajstić information content (AvgIpc) is 2.96. The van der Waals surface area contributed by atoms with Gasteiger partial charge in [-0.1, -0.05) is 0 Å². The van der Waals surface area contributed by atoms with E-state index in [1.165, 1.54) is 0 Å². The van der Waals surface area contributed by atoms with Gasteiger partial charge in [-0.3, -0.25) is 9.59 Å². The Morgan fingerprint density at radius 2 is 2.10 bits per heavy atom. The second-order valence-electron chi connectivity index (χ2n) is 4.93. The lowest BCUT2D eigenvalue weighted by molar-refractivity contribution is -0.126. The lowest BCUT2D eigenvalue weighted by atomic mass is 9.96. The van der Waals surface area contributed by atoms with Crippen molar-refractivity contribution in [1.29, 1.82) is 0 Å². The Morgan fingerprint density at radius 1 is 1.40 bits per heavy atom. The summed E-state index contributed by atoms with van der Waals surface area (Å²) in [5.74, 6) is 0.893. The first-order valence-electron chi connectivity index (χ1n) is 7.01. The number of hydrogen-bond donors (Lipinski definition) is 2. The van der Waals surface area contributed by atoms with Crippen LogP contribution in [0.15, 0.2) is 16.5 Å². The van der Waals surface area contributed by atoms with Gasteiger partial charge in [0.2, 0.25) is 5.91 Å². The van der Waals surface area contributed by atoms with Crippen molar-refractivity contribution in [3.8, 4) is 0 Å². The molecule has 6 heteroatoms. The van der Waals surface area contributed by atoms with Crippen molar-refractivity contribution in [3.05, 3.63) is 23.7 Å². The van der Waals surface area contributed by atoms with Gasteiger partial charge in [0, 0.05) is 25.6 Å². The topological polar surface area (TPSA) is 88.6 Å². The zero-order chi connectivity index (χ0) is 14.5. The number of hydrogen-bond acceptors (Lipinski definition) is 4. The molecule has 1 aliphatic heterocycles. The number of nitrogens with one attached hydrogen (secondary N) is 1. The lowest BCUT2D eigenvalue weighted by Crippen LogP contribution is -2.42. The molecule has 1 fully saturated rings. The summed E-state index contributed by atoms with van der Waals surface area (Å²) in [4.78, 5) is 25.7. The number of nitrogens with two attached hydrogens (primary N) is 1. The molecule has 0 unspecified atom stereocenters. The lowest BCUT2D eigenvalue weighted by Gasteiger charge is -2.30. The van der Waals surface area contributed by atoms with E-state index < -0.39 is 0 Å². The van der Waals surface area contributed by atoms with Crippen LogP contribution in [0.1, 0.15) is 36.1 Å². The molecule has 1 aliphatic rings. The fraction of sp³-hybridized carbons (Fsp3) is 0.571. The highest BCUT2D eigenvalue weighted by Crippen LogP contribution is 2.20. The van der Waals surface area contributed by atoms with Crippen LogP contribution in [0.5, 0.6) is 0 Å². The summed E-state index contributed by atoms with van der Waals surface area (Å²) in [6.45, 7) is 4.00. The Balaban J connectivity index is 1.90. The Bertz CT molecular complexity index is 476. The minimum Gasteiger partial charge on any atom is -0.455 e. The highest BCUT2D eigenvalue weighted by molar-refractivity contribution is 5.91. The van der Waals surface area contributed by atoms with Gasteiger partial charge in [-0.05, 0) is 31.9 Å². The summed E-state index contributed by atoms with van der Waals surface area (Å²) in [5.41, 5.74) is 5.46. The van der Waals surface area contributed by atoms with Gasteiger partial charge in [-0.15, -0.1) is 0 Å². The summed E-state index contributed by atoms with van der Waals surface area (Å²) in [6.07, 6.45) is 1.39. The molecule has 0 aromatic carbocycles. The van der Waals surface area contributed by atoms with E-state index in [4.69, 9.17) is 10.2 Å². The molecule has 2 heterocycles. The fourth-order valence-corrected chi connectivity index (χ4v) is 2.42. The van der Waals surface area contributed by atoms with Crippen molar-refractivity contribution in [2.45, 2.75) is 26.3 Å². The first-order valence-corrected chi connectivity index (χ1v) is 7.01. The maximum absolute atomic E-state index is 12.2. The largest absolute Gasteiger partial charge is 0.455 e. The quantitative estimate of drug-likeness (QED) is 0.850. The molecule has 3 N–H and O–H groups in total. The molecule has 2 amide bonds. The number of carbonyl (C=O) groups is 2. The molecular formula is C14H21N3O3. The highest BCUT2D eigenvalue weighted by Gasteiger charge is 2.28. The van der Waals surface area contributed by atoms with Gasteiger partial charge in [0.1, 0.15) is 5.76 Å². The summed E-state index contributed by atoms with van der Waals surface area (Å²) < 4.78 is 5.37. The van der Waals surface area contributed by atoms with Crippen molar-refractivity contribution in [1.82, 2.24) is 10.2 Å². The molecule has 1 aromatic rings. The third-order valence-corrected chi connectivity index (χ3v) is 3.58. The van der Waals surface area contributed by atoms with E-state index in [0.717, 1.165) is 0 Å². The van der Waals surface area contributed by atoms with Crippen LogP contribution >= 0.6 is 0 Å². The van der Waals surface area contributed by atoms with Crippen molar-refractivity contribution in [3.63, 3.8) is 0 Å². The van der Waals surface area contributed by atoms with Crippen LogP contribution in [0, 0.1) is 5.92 Å². The first kappa shape index (κ1) is 14.6. The zero-order valence-electron chi connectivity index (χ0n) is 11.7. The van der Waals surface area contributed by atoms with E-state index in [0.29, 0.717) is 44.0 Å². The second-order valence-corrected chi connectivity index (χ2v) is 4.93. The van der Waals surface area contributed by atoms with E-state index >= 15 is 0 Å². The Hall–Kier alpha value is -1.82. The van der Waals surface area contributed by atoms with E-state index in [-0.39, 0.29) is 24.3 Å². The van der Waals surface area contributed by atoms with E-state index in [9.17, 15) is 9.59 Å². The molecule has 0 radical (unpaired) electrons. The van der Waals surface area contributed by atoms with Gasteiger partial charge in [0.25, 0.3) is 5.91 Å². The van der Waals surface area contributed by atoms with Gasteiger partial charge in [0.05, 0.1) is 6.54 Å². The molecule has 1 aromatic heterocycles. The van der Waals surface area contributed by atoms with Crippen LogP contribution in [-0.2, 0) is 11.3 Å². The Labute approximate surface area is 118 Å². The smallest absolute Gasteiger partial charge is 0.289 e. The number of likely N-dealkylation sites (tertiary alicyclic amines) is 1. The number of amides is 2. The first-order chi connectivity index (χ1) is 9.65. The number of carbonyl (C=O) groups excluding carboxylic acids is 2. The minimum atomic E-state index is -0.126. The van der Waals surface area contributed by atoms with Crippen LogP contribution in [0.4, 0.5) is 0 Å². The summed E-state index contributed by atoms with van der Waals surface area (Å²) in [6, 6.07) is 3.37. The number of rotatable bonds is 4. The summed E-state index contributed by atoms with van der Waals surface area (Å²) in [5, 5.41) is 2.83. The van der Waals surface area contributed by atoms with Gasteiger partial charge >= 0.3 is 0 Å². The molecule has 110 valence electrons. The van der Waals surface area contributed by atoms with Crippen molar-refractivity contribution < 1.29 is 14.0 Å². The molecule has 0 bridgehead atoms. The molecule has 20 heavy (non-hydrogen) atoms. The highest BCUT2D eigenvalue weighted by atomic mass is 16.4. The average molecular weight is 279 g/mol.